The van der Waals surface area contributed by atoms with Gasteiger partial charge in [0, 0.05) is 18.1 Å². The second kappa shape index (κ2) is 8.30. The molecule has 1 amide bonds. The molecule has 0 radical (unpaired) electrons. The quantitative estimate of drug-likeness (QED) is 0.691. The second-order valence-corrected chi connectivity index (χ2v) is 7.80. The first kappa shape index (κ1) is 17.7. The van der Waals surface area contributed by atoms with Crippen molar-refractivity contribution in [3.8, 4) is 5.75 Å². The van der Waals surface area contributed by atoms with Crippen molar-refractivity contribution in [1.29, 1.82) is 0 Å². The van der Waals surface area contributed by atoms with Crippen molar-refractivity contribution in [2.24, 2.45) is 0 Å². The van der Waals surface area contributed by atoms with E-state index in [0.29, 0.717) is 10.8 Å². The first-order valence-corrected chi connectivity index (χ1v) is 9.40. The Morgan fingerprint density at radius 1 is 1.17 bits per heavy atom. The molecule has 0 atom stereocenters. The van der Waals surface area contributed by atoms with Gasteiger partial charge in [-0.1, -0.05) is 17.7 Å². The van der Waals surface area contributed by atoms with Gasteiger partial charge in [0.25, 0.3) is 5.91 Å². The van der Waals surface area contributed by atoms with Crippen LogP contribution >= 0.6 is 22.9 Å². The van der Waals surface area contributed by atoms with Crippen LogP contribution in [-0.4, -0.2) is 34.0 Å². The Labute approximate surface area is 143 Å². The van der Waals surface area contributed by atoms with E-state index >= 15 is 0 Å². The van der Waals surface area contributed by atoms with E-state index in [4.69, 9.17) is 16.3 Å². The largest absolute Gasteiger partial charge is 0.484 e. The van der Waals surface area contributed by atoms with Gasteiger partial charge in [-0.3, -0.25) is 4.79 Å². The topological polar surface area (TPSA) is 84.5 Å². The smallest absolute Gasteiger partial charge is 0.257 e. The molecule has 2 N–H and O–H groups in total. The van der Waals surface area contributed by atoms with E-state index in [0.717, 1.165) is 11.3 Å². The fraction of sp³-hybridized carbons (Fsp3) is 0.214. The van der Waals surface area contributed by atoms with E-state index in [1.54, 1.807) is 35.7 Å². The Bertz CT molecular complexity index is 731. The molecule has 1 aromatic heterocycles. The van der Waals surface area contributed by atoms with E-state index < -0.39 is 10.0 Å². The number of rotatable bonds is 8. The maximum absolute atomic E-state index is 11.8. The summed E-state index contributed by atoms with van der Waals surface area (Å²) >= 11 is 6.88. The van der Waals surface area contributed by atoms with Crippen LogP contribution in [0.3, 0.4) is 0 Å². The second-order valence-electron chi connectivity index (χ2n) is 4.42. The highest BCUT2D eigenvalue weighted by molar-refractivity contribution is 7.91. The summed E-state index contributed by atoms with van der Waals surface area (Å²) in [4.78, 5) is 11.6. The van der Waals surface area contributed by atoms with Crippen LogP contribution in [0, 0.1) is 0 Å². The van der Waals surface area contributed by atoms with Crippen LogP contribution in [0.1, 0.15) is 0 Å². The zero-order valence-corrected chi connectivity index (χ0v) is 14.4. The minimum atomic E-state index is -3.50. The number of carbonyl (C=O) groups excluding carboxylic acids is 1. The molecule has 9 heteroatoms. The summed E-state index contributed by atoms with van der Waals surface area (Å²) in [5, 5.41) is 4.84. The lowest BCUT2D eigenvalue weighted by molar-refractivity contribution is -0.123. The van der Waals surface area contributed by atoms with Crippen LogP contribution in [0.25, 0.3) is 0 Å². The van der Waals surface area contributed by atoms with Crippen LogP contribution in [0.4, 0.5) is 0 Å². The summed E-state index contributed by atoms with van der Waals surface area (Å²) < 4.78 is 31.6. The summed E-state index contributed by atoms with van der Waals surface area (Å²) in [5.41, 5.74) is 0. The molecule has 124 valence electrons. The maximum atomic E-state index is 11.8. The van der Waals surface area contributed by atoms with Gasteiger partial charge < -0.3 is 10.1 Å². The van der Waals surface area contributed by atoms with Gasteiger partial charge in [0.1, 0.15) is 9.96 Å². The number of hydrogen-bond donors (Lipinski definition) is 2. The SMILES string of the molecule is O=C(COc1ccc(Cl)cc1)NCCNS(=O)(=O)c1cccs1. The molecule has 0 aliphatic carbocycles. The van der Waals surface area contributed by atoms with Crippen molar-refractivity contribution in [2.45, 2.75) is 4.21 Å². The van der Waals surface area contributed by atoms with E-state index in [9.17, 15) is 13.2 Å². The minimum Gasteiger partial charge on any atom is -0.484 e. The summed E-state index contributed by atoms with van der Waals surface area (Å²) in [6.07, 6.45) is 0. The van der Waals surface area contributed by atoms with Gasteiger partial charge in [0.15, 0.2) is 6.61 Å². The number of amides is 1. The molecular formula is C14H15ClN2O4S2. The highest BCUT2D eigenvalue weighted by atomic mass is 35.5. The van der Waals surface area contributed by atoms with Gasteiger partial charge in [0.05, 0.1) is 0 Å². The lowest BCUT2D eigenvalue weighted by atomic mass is 10.3. The highest BCUT2D eigenvalue weighted by Crippen LogP contribution is 2.15. The van der Waals surface area contributed by atoms with Crippen LogP contribution in [-0.2, 0) is 14.8 Å². The standard InChI is InChI=1S/C14H15ClN2O4S2/c15-11-3-5-12(6-4-11)21-10-13(18)16-7-8-17-23(19,20)14-2-1-9-22-14/h1-6,9,17H,7-8,10H2,(H,16,18). The van der Waals surface area contributed by atoms with E-state index in [1.165, 1.54) is 6.07 Å². The van der Waals surface area contributed by atoms with Gasteiger partial charge in [-0.2, -0.15) is 0 Å². The van der Waals surface area contributed by atoms with Crippen molar-refractivity contribution in [3.05, 3.63) is 46.8 Å². The summed E-state index contributed by atoms with van der Waals surface area (Å²) in [6, 6.07) is 9.82. The third-order valence-electron chi connectivity index (χ3n) is 2.68. The number of carbonyl (C=O) groups is 1. The minimum absolute atomic E-state index is 0.104. The van der Waals surface area contributed by atoms with Crippen LogP contribution < -0.4 is 14.8 Å². The van der Waals surface area contributed by atoms with Gasteiger partial charge >= 0.3 is 0 Å². The monoisotopic (exact) mass is 374 g/mol. The average molecular weight is 375 g/mol. The molecule has 0 aliphatic rings. The lowest BCUT2D eigenvalue weighted by Gasteiger charge is -2.08. The molecule has 6 nitrogen and oxygen atoms in total. The first-order chi connectivity index (χ1) is 11.0. The van der Waals surface area contributed by atoms with Crippen molar-refractivity contribution >= 4 is 38.9 Å². The molecule has 0 aliphatic heterocycles. The number of sulfonamides is 1. The van der Waals surface area contributed by atoms with Gasteiger partial charge in [0.2, 0.25) is 10.0 Å². The fourth-order valence-electron chi connectivity index (χ4n) is 1.61. The molecule has 0 bridgehead atoms. The predicted octanol–water partition coefficient (Wildman–Crippen LogP) is 1.88. The number of hydrogen-bond acceptors (Lipinski definition) is 5. The molecule has 23 heavy (non-hydrogen) atoms. The van der Waals surface area contributed by atoms with Gasteiger partial charge in [-0.05, 0) is 35.7 Å². The molecule has 0 fully saturated rings. The third kappa shape index (κ3) is 5.83. The molecule has 1 heterocycles. The van der Waals surface area contributed by atoms with Crippen LogP contribution in [0.2, 0.25) is 5.02 Å². The molecule has 2 aromatic rings. The summed E-state index contributed by atoms with van der Waals surface area (Å²) in [5.74, 6) is 0.193. The molecule has 0 spiro atoms. The third-order valence-corrected chi connectivity index (χ3v) is 5.79. The average Bonchev–Trinajstić information content (AvgIpc) is 3.06. The van der Waals surface area contributed by atoms with E-state index in [1.807, 2.05) is 0 Å². The zero-order valence-electron chi connectivity index (χ0n) is 12.0. The maximum Gasteiger partial charge on any atom is 0.257 e. The number of benzene rings is 1. The highest BCUT2D eigenvalue weighted by Gasteiger charge is 2.14. The Balaban J connectivity index is 1.66. The van der Waals surface area contributed by atoms with Crippen molar-refractivity contribution < 1.29 is 17.9 Å². The van der Waals surface area contributed by atoms with Crippen molar-refractivity contribution in [3.63, 3.8) is 0 Å². The lowest BCUT2D eigenvalue weighted by Crippen LogP contribution is -2.36. The van der Waals surface area contributed by atoms with Crippen LogP contribution in [0.15, 0.2) is 46.0 Å². The molecular weight excluding hydrogens is 360 g/mol. The molecule has 2 rings (SSSR count). The molecule has 1 aromatic carbocycles. The van der Waals surface area contributed by atoms with Crippen molar-refractivity contribution in [1.82, 2.24) is 10.0 Å². The summed E-state index contributed by atoms with van der Waals surface area (Å²) in [6.45, 7) is 0.125. The van der Waals surface area contributed by atoms with E-state index in [-0.39, 0.29) is 29.8 Å². The molecule has 0 saturated carbocycles. The first-order valence-electron chi connectivity index (χ1n) is 6.65. The zero-order chi connectivity index (χ0) is 16.7. The van der Waals surface area contributed by atoms with Gasteiger partial charge in [-0.25, -0.2) is 13.1 Å². The Kier molecular flexibility index (Phi) is 6.40. The molecule has 0 saturated heterocycles. The Hall–Kier alpha value is -1.61. The summed E-state index contributed by atoms with van der Waals surface area (Å²) in [7, 11) is -3.50. The van der Waals surface area contributed by atoms with Gasteiger partial charge in [-0.15, -0.1) is 11.3 Å². The molecule has 0 unspecified atom stereocenters. The fourth-order valence-corrected chi connectivity index (χ4v) is 3.80. The number of thiophene rings is 1. The Morgan fingerprint density at radius 2 is 1.91 bits per heavy atom. The predicted molar refractivity (Wildman–Crippen MR) is 89.5 cm³/mol. The number of halogens is 1. The Morgan fingerprint density at radius 3 is 2.57 bits per heavy atom. The number of nitrogens with one attached hydrogen (secondary N) is 2. The van der Waals surface area contributed by atoms with E-state index in [2.05, 4.69) is 10.0 Å². The van der Waals surface area contributed by atoms with Crippen LogP contribution in [0.5, 0.6) is 5.75 Å². The van der Waals surface area contributed by atoms with Crippen molar-refractivity contribution in [2.75, 3.05) is 19.7 Å². The number of ether oxygens (including phenoxy) is 1. The normalized spacial score (nSPS) is 11.2.